The highest BCUT2D eigenvalue weighted by atomic mass is 35.5. The van der Waals surface area contributed by atoms with E-state index in [0.29, 0.717) is 27.8 Å². The Bertz CT molecular complexity index is 1860. The van der Waals surface area contributed by atoms with E-state index in [1.54, 1.807) is 42.5 Å². The Morgan fingerprint density at radius 3 is 2.16 bits per heavy atom. The lowest BCUT2D eigenvalue weighted by atomic mass is 10.0. The number of methoxy groups -OCH3 is 2. The van der Waals surface area contributed by atoms with Crippen LogP contribution in [0.1, 0.15) is 37.0 Å². The van der Waals surface area contributed by atoms with E-state index in [1.807, 2.05) is 51.1 Å². The quantitative estimate of drug-likeness (QED) is 0.141. The molecule has 49 heavy (non-hydrogen) atoms. The highest BCUT2D eigenvalue weighted by molar-refractivity contribution is 7.92. The van der Waals surface area contributed by atoms with Crippen molar-refractivity contribution in [1.29, 1.82) is 0 Å². The first-order chi connectivity index (χ1) is 23.4. The van der Waals surface area contributed by atoms with E-state index in [-0.39, 0.29) is 41.2 Å². The van der Waals surface area contributed by atoms with Crippen molar-refractivity contribution in [3.05, 3.63) is 118 Å². The van der Waals surface area contributed by atoms with E-state index in [9.17, 15) is 18.0 Å². The summed E-state index contributed by atoms with van der Waals surface area (Å²) in [4.78, 5) is 30.0. The number of hydrogen-bond acceptors (Lipinski definition) is 6. The lowest BCUT2D eigenvalue weighted by molar-refractivity contribution is -0.140. The second-order valence-corrected chi connectivity index (χ2v) is 14.4. The van der Waals surface area contributed by atoms with Gasteiger partial charge in [0.05, 0.1) is 24.8 Å². The first kappa shape index (κ1) is 37.6. The molecule has 0 saturated carbocycles. The molecule has 0 fully saturated rings. The summed E-state index contributed by atoms with van der Waals surface area (Å²) in [5, 5.41) is 3.74. The topological polar surface area (TPSA) is 105 Å². The van der Waals surface area contributed by atoms with Crippen molar-refractivity contribution in [2.45, 2.75) is 57.1 Å². The molecule has 0 aromatic heterocycles. The zero-order valence-corrected chi connectivity index (χ0v) is 30.5. The van der Waals surface area contributed by atoms with Crippen molar-refractivity contribution in [3.63, 3.8) is 0 Å². The van der Waals surface area contributed by atoms with Crippen molar-refractivity contribution >= 4 is 50.7 Å². The molecule has 2 amide bonds. The van der Waals surface area contributed by atoms with Crippen LogP contribution < -0.4 is 19.1 Å². The number of halogens is 2. The summed E-state index contributed by atoms with van der Waals surface area (Å²) < 4.78 is 40.6. The maximum atomic E-state index is 14.7. The highest BCUT2D eigenvalue weighted by Gasteiger charge is 2.35. The number of nitrogens with zero attached hydrogens (tertiary/aromatic N) is 2. The summed E-state index contributed by atoms with van der Waals surface area (Å²) in [6, 6.07) is 24.1. The Hall–Kier alpha value is -4.25. The normalized spacial score (nSPS) is 12.5. The predicted molar refractivity (Wildman–Crippen MR) is 194 cm³/mol. The summed E-state index contributed by atoms with van der Waals surface area (Å²) >= 11 is 12.8. The van der Waals surface area contributed by atoms with Crippen LogP contribution in [0.3, 0.4) is 0 Å². The van der Waals surface area contributed by atoms with E-state index >= 15 is 0 Å². The maximum absolute atomic E-state index is 14.7. The fourth-order valence-electron chi connectivity index (χ4n) is 5.17. The molecule has 4 rings (SSSR count). The van der Waals surface area contributed by atoms with Gasteiger partial charge in [-0.15, -0.1) is 0 Å². The molecule has 1 N–H and O–H groups in total. The van der Waals surface area contributed by atoms with Gasteiger partial charge in [0.25, 0.3) is 10.0 Å². The molecule has 0 bridgehead atoms. The Balaban J connectivity index is 1.85. The zero-order chi connectivity index (χ0) is 35.7. The number of carbonyl (C=O) groups excluding carboxylic acids is 2. The number of benzene rings is 4. The monoisotopic (exact) mass is 725 g/mol. The van der Waals surface area contributed by atoms with E-state index in [0.717, 1.165) is 15.4 Å². The number of carbonyl (C=O) groups is 2. The Morgan fingerprint density at radius 1 is 0.878 bits per heavy atom. The van der Waals surface area contributed by atoms with Crippen LogP contribution in [0.15, 0.2) is 95.9 Å². The standard InChI is InChI=1S/C37H41Cl2N3O6S/c1-6-26(3)40-37(44)33(20-27-10-8-7-9-11-27)41(23-28-14-15-29(38)21-32(28)39)36(43)24-42(30-16-12-25(2)13-17-30)49(45,46)31-18-19-34(47-4)35(22-31)48-5/h7-19,21-22,26,33H,6,20,23-24H2,1-5H3,(H,40,44)/t26-,33+/m0/s1. The number of amides is 2. The summed E-state index contributed by atoms with van der Waals surface area (Å²) in [7, 11) is -1.50. The van der Waals surface area contributed by atoms with Gasteiger partial charge in [-0.2, -0.15) is 0 Å². The van der Waals surface area contributed by atoms with Crippen molar-refractivity contribution < 1.29 is 27.5 Å². The van der Waals surface area contributed by atoms with Crippen molar-refractivity contribution in [3.8, 4) is 11.5 Å². The summed E-state index contributed by atoms with van der Waals surface area (Å²) in [6.07, 6.45) is 0.846. The number of hydrogen-bond donors (Lipinski definition) is 1. The fourth-order valence-corrected chi connectivity index (χ4v) is 7.07. The van der Waals surface area contributed by atoms with Crippen LogP contribution >= 0.6 is 23.2 Å². The van der Waals surface area contributed by atoms with Gasteiger partial charge in [0, 0.05) is 35.1 Å². The molecule has 0 saturated heterocycles. The molecule has 0 aliphatic carbocycles. The lowest BCUT2D eigenvalue weighted by Gasteiger charge is -2.34. The molecular formula is C37H41Cl2N3O6S. The summed E-state index contributed by atoms with van der Waals surface area (Å²) in [5.41, 5.74) is 2.53. The molecule has 0 unspecified atom stereocenters. The number of nitrogens with one attached hydrogen (secondary N) is 1. The number of aryl methyl sites for hydroxylation is 1. The Labute approximate surface area is 298 Å². The van der Waals surface area contributed by atoms with Gasteiger partial charge in [0.2, 0.25) is 11.8 Å². The molecule has 0 aliphatic rings. The first-order valence-corrected chi connectivity index (χ1v) is 18.0. The molecule has 4 aromatic rings. The van der Waals surface area contributed by atoms with Gasteiger partial charge in [-0.05, 0) is 67.8 Å². The smallest absolute Gasteiger partial charge is 0.264 e. The van der Waals surface area contributed by atoms with Gasteiger partial charge in [0.15, 0.2) is 11.5 Å². The number of sulfonamides is 1. The van der Waals surface area contributed by atoms with E-state index < -0.39 is 28.5 Å². The maximum Gasteiger partial charge on any atom is 0.264 e. The van der Waals surface area contributed by atoms with Gasteiger partial charge in [0.1, 0.15) is 12.6 Å². The van der Waals surface area contributed by atoms with Crippen molar-refractivity contribution in [1.82, 2.24) is 10.2 Å². The molecule has 0 spiro atoms. The van der Waals surface area contributed by atoms with Crippen LogP contribution in [-0.4, -0.2) is 58.0 Å². The van der Waals surface area contributed by atoms with Gasteiger partial charge < -0.3 is 19.7 Å². The molecule has 0 radical (unpaired) electrons. The second kappa shape index (κ2) is 16.9. The van der Waals surface area contributed by atoms with Gasteiger partial charge in [-0.25, -0.2) is 8.42 Å². The molecule has 9 nitrogen and oxygen atoms in total. The molecule has 4 aromatic carbocycles. The van der Waals surface area contributed by atoms with Crippen molar-refractivity contribution in [2.75, 3.05) is 25.1 Å². The average Bonchev–Trinajstić information content (AvgIpc) is 3.09. The van der Waals surface area contributed by atoms with Crippen LogP contribution in [0.25, 0.3) is 0 Å². The van der Waals surface area contributed by atoms with Crippen LogP contribution in [0.4, 0.5) is 5.69 Å². The second-order valence-electron chi connectivity index (χ2n) is 11.6. The minimum atomic E-state index is -4.36. The number of rotatable bonds is 15. The van der Waals surface area contributed by atoms with E-state index in [4.69, 9.17) is 32.7 Å². The lowest BCUT2D eigenvalue weighted by Crippen LogP contribution is -2.54. The van der Waals surface area contributed by atoms with E-state index in [2.05, 4.69) is 5.32 Å². The van der Waals surface area contributed by atoms with Crippen LogP contribution in [-0.2, 0) is 32.6 Å². The Kier molecular flexibility index (Phi) is 13.0. The molecule has 260 valence electrons. The third-order valence-corrected chi connectivity index (χ3v) is 10.5. The summed E-state index contributed by atoms with van der Waals surface area (Å²) in [6.45, 7) is 5.01. The number of ether oxygens (including phenoxy) is 2. The Morgan fingerprint density at radius 2 is 1.55 bits per heavy atom. The van der Waals surface area contributed by atoms with Crippen molar-refractivity contribution in [2.24, 2.45) is 0 Å². The number of anilines is 1. The van der Waals surface area contributed by atoms with Gasteiger partial charge >= 0.3 is 0 Å². The fraction of sp³-hybridized carbons (Fsp3) is 0.297. The van der Waals surface area contributed by atoms with Crippen LogP contribution in [0.2, 0.25) is 10.0 Å². The van der Waals surface area contributed by atoms with E-state index in [1.165, 1.54) is 37.3 Å². The molecule has 12 heteroatoms. The largest absolute Gasteiger partial charge is 0.493 e. The molecular weight excluding hydrogens is 685 g/mol. The third kappa shape index (κ3) is 9.47. The highest BCUT2D eigenvalue weighted by Crippen LogP contribution is 2.33. The van der Waals surface area contributed by atoms with Gasteiger partial charge in [-0.1, -0.05) is 84.2 Å². The average molecular weight is 727 g/mol. The minimum absolute atomic E-state index is 0.0849. The predicted octanol–water partition coefficient (Wildman–Crippen LogP) is 7.07. The summed E-state index contributed by atoms with van der Waals surface area (Å²) in [5.74, 6) is -0.430. The SMILES string of the molecule is CC[C@H](C)NC(=O)[C@@H](Cc1ccccc1)N(Cc1ccc(Cl)cc1Cl)C(=O)CN(c1ccc(C)cc1)S(=O)(=O)c1ccc(OC)c(OC)c1. The third-order valence-electron chi connectivity index (χ3n) is 8.17. The molecule has 0 aliphatic heterocycles. The zero-order valence-electron chi connectivity index (χ0n) is 28.2. The minimum Gasteiger partial charge on any atom is -0.493 e. The van der Waals surface area contributed by atoms with Crippen LogP contribution in [0.5, 0.6) is 11.5 Å². The van der Waals surface area contributed by atoms with Crippen LogP contribution in [0, 0.1) is 6.92 Å². The first-order valence-electron chi connectivity index (χ1n) is 15.8. The molecule has 2 atom stereocenters. The molecule has 0 heterocycles. The van der Waals surface area contributed by atoms with Gasteiger partial charge in [-0.3, -0.25) is 13.9 Å².